The highest BCUT2D eigenvalue weighted by atomic mass is 15.2. The van der Waals surface area contributed by atoms with E-state index in [1.165, 1.54) is 18.4 Å². The number of nitrogens with zero attached hydrogens (tertiary/aromatic N) is 10. The lowest BCUT2D eigenvalue weighted by Gasteiger charge is -2.32. The molecule has 0 saturated heterocycles. The molecule has 0 amide bonds. The molecular formula is C110H119N10+5. The van der Waals surface area contributed by atoms with Crippen LogP contribution in [0.5, 0.6) is 0 Å². The summed E-state index contributed by atoms with van der Waals surface area (Å²) in [5.41, 5.74) is 21.5. The molecule has 4 unspecified atom stereocenters. The van der Waals surface area contributed by atoms with Gasteiger partial charge in [-0.15, -0.1) is 0 Å². The monoisotopic (exact) mass is 1600 g/mol. The maximum atomic E-state index is 9.23. The van der Waals surface area contributed by atoms with E-state index < -0.39 is 57.4 Å². The zero-order valence-electron chi connectivity index (χ0n) is 88.7. The minimum Gasteiger partial charge on any atom is -0.203 e. The van der Waals surface area contributed by atoms with Gasteiger partial charge in [-0.2, -0.15) is 22.8 Å². The molecule has 4 atom stereocenters. The van der Waals surface area contributed by atoms with E-state index in [2.05, 4.69) is 73.7 Å². The Morgan fingerprint density at radius 1 is 0.358 bits per heavy atom. The van der Waals surface area contributed by atoms with Crippen molar-refractivity contribution in [1.82, 2.24) is 22.8 Å². The van der Waals surface area contributed by atoms with Crippen LogP contribution in [0.2, 0.25) is 0 Å². The second-order valence-corrected chi connectivity index (χ2v) is 33.0. The van der Waals surface area contributed by atoms with Gasteiger partial charge in [0.2, 0.25) is 0 Å². The highest BCUT2D eigenvalue weighted by Gasteiger charge is 2.53. The summed E-state index contributed by atoms with van der Waals surface area (Å²) in [5, 5.41) is 0. The minimum absolute atomic E-state index is 0.200. The summed E-state index contributed by atoms with van der Waals surface area (Å²) in [7, 11) is 0. The van der Waals surface area contributed by atoms with Gasteiger partial charge in [0.1, 0.15) is 50.9 Å². The van der Waals surface area contributed by atoms with E-state index in [9.17, 15) is 2.74 Å². The zero-order chi connectivity index (χ0) is 98.7. The third-order valence-corrected chi connectivity index (χ3v) is 26.1. The second-order valence-electron chi connectivity index (χ2n) is 33.0. The third-order valence-electron chi connectivity index (χ3n) is 26.1. The summed E-state index contributed by atoms with van der Waals surface area (Å²) < 4.78 is 168. The first-order valence-corrected chi connectivity index (χ1v) is 42.2. The standard InChI is InChI=1S/C27H25N2.C26H29N2.C21H21N2.C20H25N2.C16H19N2/c1-20-12-10-11-17-25(20)29-21(2)26-27(18-19-28(26)22(29)3,23-13-6-4-7-14-23)24-15-8-5-9-16-24;1-19-11-7-10-16-24(19)28-20(2)25-26(23-14-8-9-15-23,17-18-27(25)21(28)3)22-12-5-4-6-13-22;1-15-9-7-8-12-20(15)23-16(2)21-19(13-14-22(21)17(23)3)18-10-5-4-6-11-18;1-14-8-4-7-11-19(14)22-15(2)20-18(17-9-5-6-10-17)12-13-21(20)16(22)3;1-11-7-5-6-8-15(11)18-13(3)16-12(2)9-10-17(16)14(18)4/h4-19H,1-3H3;4-7,10-13,16-18,23H,8-9,14-15H2,1-3H3;4-14,19H,1-3H3;4,7-8,11-13,17-18H,5-6,9-10H2,1-3H3;5-10,12H,1-4H3/q5*+1/i2*3D3;3D3,19D;3D3,18D;4D3,12D. The molecule has 9 aromatic carbocycles. The molecule has 2 aliphatic carbocycles. The Labute approximate surface area is 737 Å². The fraction of sp³-hybridized carbons (Fsp3) is 0.282. The van der Waals surface area contributed by atoms with Crippen LogP contribution in [0.25, 0.3) is 59.4 Å². The number of hydrogen-bond donors (Lipinski definition) is 0. The number of allylic oxidation sites excluding steroid dienone is 5. The van der Waals surface area contributed by atoms with Gasteiger partial charge in [-0.3, -0.25) is 0 Å². The van der Waals surface area contributed by atoms with Crippen molar-refractivity contribution in [1.29, 1.82) is 0 Å². The maximum Gasteiger partial charge on any atom is 0.263 e. The van der Waals surface area contributed by atoms with E-state index in [4.69, 9.17) is 21.9 Å². The SMILES string of the molecule is [2H]C([2H])([2H])c1n(-c2ccccc2C)c(C)c2[n+]1C=CC2(c1ccccc1)C1CCCC1.[2H]C([2H])([2H])c1n(-c2ccccc2C)c(C)c2[n+]1C=CC2(c1ccccc1)c1ccccc1.[2H]C([2H])([2H])c1n2c(c(C)[n+]1-c1ccccc1C)C([2H])(C)C=C2.[2H]C([2H])([2H])c1n2c(c(C)[n+]1-c1ccccc1C)C([2H])(C1CCCC1)C=C2.[2H]C([2H])([2H])c1n2c(c(C)[n+]1-c1ccccc1C)C([2H])(c1ccccc1)C=C2. The van der Waals surface area contributed by atoms with Crippen molar-refractivity contribution in [3.05, 3.63) is 409 Å². The van der Waals surface area contributed by atoms with E-state index in [-0.39, 0.29) is 28.8 Å². The average molecular weight is 1600 g/mol. The summed E-state index contributed by atoms with van der Waals surface area (Å²) in [4.78, 5) is 0. The van der Waals surface area contributed by atoms with Crippen LogP contribution in [0.1, 0.15) is 237 Å². The quantitative estimate of drug-likeness (QED) is 0.116. The molecule has 0 N–H and O–H groups in total. The van der Waals surface area contributed by atoms with Crippen molar-refractivity contribution in [3.63, 3.8) is 0 Å². The van der Waals surface area contributed by atoms with Crippen molar-refractivity contribution >= 4 is 31.0 Å². The van der Waals surface area contributed by atoms with Crippen LogP contribution in [0, 0.1) is 115 Å². The predicted molar refractivity (Wildman–Crippen MR) is 491 cm³/mol. The Morgan fingerprint density at radius 2 is 0.733 bits per heavy atom. The van der Waals surface area contributed by atoms with Crippen molar-refractivity contribution in [2.75, 3.05) is 0 Å². The number of hydrogen-bond acceptors (Lipinski definition) is 0. The first kappa shape index (κ1) is 61.1. The number of benzene rings is 9. The number of imidazole rings is 5. The third kappa shape index (κ3) is 13.6. The molecule has 5 aromatic heterocycles. The molecule has 7 aliphatic rings. The van der Waals surface area contributed by atoms with Gasteiger partial charge in [0, 0.05) is 105 Å². The summed E-state index contributed by atoms with van der Waals surface area (Å²) in [6, 6.07) is 80.1. The number of para-hydroxylation sites is 5. The van der Waals surface area contributed by atoms with Gasteiger partial charge >= 0.3 is 0 Å². The van der Waals surface area contributed by atoms with Gasteiger partial charge in [0.15, 0.2) is 39.9 Å². The lowest BCUT2D eigenvalue weighted by atomic mass is 9.67. The van der Waals surface area contributed by atoms with Crippen molar-refractivity contribution < 1.29 is 47.5 Å². The molecule has 10 heteroatoms. The van der Waals surface area contributed by atoms with Crippen molar-refractivity contribution in [2.45, 2.75) is 190 Å². The van der Waals surface area contributed by atoms with Gasteiger partial charge in [0.05, 0.1) is 42.3 Å². The molecule has 0 bridgehead atoms. The molecule has 0 radical (unpaired) electrons. The molecule has 21 rings (SSSR count). The van der Waals surface area contributed by atoms with Crippen molar-refractivity contribution in [2.24, 2.45) is 11.8 Å². The highest BCUT2D eigenvalue weighted by Crippen LogP contribution is 2.51. The largest absolute Gasteiger partial charge is 0.263 e. The van der Waals surface area contributed by atoms with E-state index >= 15 is 0 Å². The lowest BCUT2D eigenvalue weighted by Crippen LogP contribution is -2.40. The van der Waals surface area contributed by atoms with Crippen LogP contribution >= 0.6 is 0 Å². The summed E-state index contributed by atoms with van der Waals surface area (Å²) in [5.74, 6) is -0.814. The minimum atomic E-state index is -2.32. The Balaban J connectivity index is 0.000000120. The Bertz CT molecular complexity index is 7100. The zero-order valence-corrected chi connectivity index (χ0v) is 70.7. The molecule has 2 saturated carbocycles. The molecule has 10 nitrogen and oxygen atoms in total. The normalized spacial score (nSPS) is 22.4. The molecular weight excluding hydrogens is 1460 g/mol. The second kappa shape index (κ2) is 33.1. The van der Waals surface area contributed by atoms with E-state index in [0.29, 0.717) is 29.0 Å². The smallest absolute Gasteiger partial charge is 0.203 e. The maximum absolute atomic E-state index is 9.23. The number of fused-ring (bicyclic) bond motifs is 5. The van der Waals surface area contributed by atoms with Gasteiger partial charge in [-0.05, 0) is 183 Å². The van der Waals surface area contributed by atoms with Crippen LogP contribution in [0.15, 0.2) is 273 Å². The molecule has 0 spiro atoms. The summed E-state index contributed by atoms with van der Waals surface area (Å²) in [6.45, 7) is 10.2. The van der Waals surface area contributed by atoms with Crippen molar-refractivity contribution in [3.8, 4) is 28.4 Å². The van der Waals surface area contributed by atoms with Crippen LogP contribution in [-0.4, -0.2) is 22.8 Å². The Kier molecular flexibility index (Phi) is 16.9. The van der Waals surface area contributed by atoms with Gasteiger partial charge in [0.25, 0.3) is 29.1 Å². The highest BCUT2D eigenvalue weighted by molar-refractivity contribution is 5.60. The first-order chi connectivity index (χ1) is 65.3. The number of aryl methyl sites for hydroxylation is 5. The molecule has 604 valence electrons. The fourth-order valence-corrected chi connectivity index (χ4v) is 20.3. The van der Waals surface area contributed by atoms with Crippen LogP contribution in [0.3, 0.4) is 0 Å². The van der Waals surface area contributed by atoms with Gasteiger partial charge in [-0.25, -0.2) is 22.8 Å². The number of rotatable bonds is 11. The number of aromatic nitrogens is 10. The van der Waals surface area contributed by atoms with E-state index in [1.807, 2.05) is 298 Å². The summed E-state index contributed by atoms with van der Waals surface area (Å²) >= 11 is 0. The Morgan fingerprint density at radius 3 is 1.22 bits per heavy atom. The van der Waals surface area contributed by atoms with Gasteiger partial charge in [-0.1, -0.05) is 245 Å². The molecule has 10 heterocycles. The predicted octanol–water partition coefficient (Wildman–Crippen LogP) is 23.2. The van der Waals surface area contributed by atoms with E-state index in [0.717, 1.165) is 157 Å². The fourth-order valence-electron chi connectivity index (χ4n) is 20.3. The summed E-state index contributed by atoms with van der Waals surface area (Å²) in [6.07, 6.45) is 28.2. The van der Waals surface area contributed by atoms with Crippen LogP contribution < -0.4 is 22.8 Å². The average Bonchev–Trinajstić information content (AvgIpc) is 1.51. The van der Waals surface area contributed by atoms with E-state index in [1.54, 1.807) is 54.3 Å². The van der Waals surface area contributed by atoms with Crippen LogP contribution in [0.4, 0.5) is 0 Å². The molecule has 14 aromatic rings. The molecule has 2 fully saturated rings. The topological polar surface area (TPSA) is 44.0 Å². The van der Waals surface area contributed by atoms with Crippen LogP contribution in [-0.2, 0) is 10.8 Å². The van der Waals surface area contributed by atoms with Gasteiger partial charge < -0.3 is 0 Å². The first-order valence-electron chi connectivity index (χ1n) is 51.2. The molecule has 120 heavy (non-hydrogen) atoms. The Hall–Kier alpha value is -12.3. The molecule has 5 aliphatic heterocycles. The lowest BCUT2D eigenvalue weighted by molar-refractivity contribution is -0.609.